The maximum Gasteiger partial charge on any atom is 0.145 e. The first-order valence-corrected chi connectivity index (χ1v) is 6.68. The minimum Gasteiger partial charge on any atom is -0.497 e. The van der Waals surface area contributed by atoms with Crippen LogP contribution in [0.25, 0.3) is 11.3 Å². The molecular formula is C18H15NO2. The average molecular weight is 277 g/mol. The third-order valence-electron chi connectivity index (χ3n) is 3.10. The van der Waals surface area contributed by atoms with Crippen LogP contribution in [-0.4, -0.2) is 13.3 Å². The zero-order valence-corrected chi connectivity index (χ0v) is 11.7. The van der Waals surface area contributed by atoms with Gasteiger partial charge < -0.3 is 9.15 Å². The van der Waals surface area contributed by atoms with E-state index in [0.717, 1.165) is 28.5 Å². The number of ether oxygens (including phenoxy) is 1. The van der Waals surface area contributed by atoms with E-state index < -0.39 is 0 Å². The average Bonchev–Trinajstić information content (AvgIpc) is 3.03. The van der Waals surface area contributed by atoms with E-state index in [2.05, 4.69) is 4.99 Å². The molecule has 3 heteroatoms. The number of rotatable bonds is 4. The van der Waals surface area contributed by atoms with Crippen molar-refractivity contribution in [3.8, 4) is 17.1 Å². The maximum absolute atomic E-state index is 5.76. The molecule has 0 atom stereocenters. The number of methoxy groups -OCH3 is 1. The molecule has 0 radical (unpaired) electrons. The zero-order chi connectivity index (χ0) is 14.5. The Kier molecular flexibility index (Phi) is 3.83. The fourth-order valence-electron chi connectivity index (χ4n) is 1.99. The quantitative estimate of drug-likeness (QED) is 0.647. The van der Waals surface area contributed by atoms with Crippen molar-refractivity contribution in [2.75, 3.05) is 7.11 Å². The molecule has 3 rings (SSSR count). The number of furan rings is 1. The lowest BCUT2D eigenvalue weighted by atomic mass is 10.2. The molecule has 0 unspecified atom stereocenters. The first kappa shape index (κ1) is 13.2. The van der Waals surface area contributed by atoms with Crippen molar-refractivity contribution in [2.24, 2.45) is 4.99 Å². The summed E-state index contributed by atoms with van der Waals surface area (Å²) in [5.41, 5.74) is 1.91. The van der Waals surface area contributed by atoms with Gasteiger partial charge in [-0.2, -0.15) is 0 Å². The van der Waals surface area contributed by atoms with Crippen LogP contribution in [0.1, 0.15) is 5.76 Å². The molecule has 0 aliphatic heterocycles. The Hall–Kier alpha value is -2.81. The summed E-state index contributed by atoms with van der Waals surface area (Å²) in [5, 5.41) is 0. The molecule has 0 spiro atoms. The summed E-state index contributed by atoms with van der Waals surface area (Å²) < 4.78 is 10.9. The molecule has 2 aromatic carbocycles. The fraction of sp³-hybridized carbons (Fsp3) is 0.0556. The van der Waals surface area contributed by atoms with E-state index in [1.54, 1.807) is 13.3 Å². The van der Waals surface area contributed by atoms with Gasteiger partial charge in [0, 0.05) is 5.56 Å². The van der Waals surface area contributed by atoms with Crippen molar-refractivity contribution >= 4 is 11.9 Å². The van der Waals surface area contributed by atoms with E-state index in [4.69, 9.17) is 9.15 Å². The monoisotopic (exact) mass is 277 g/mol. The molecule has 21 heavy (non-hydrogen) atoms. The van der Waals surface area contributed by atoms with Crippen LogP contribution in [0, 0.1) is 0 Å². The molecular weight excluding hydrogens is 262 g/mol. The zero-order valence-electron chi connectivity index (χ0n) is 11.7. The Morgan fingerprint density at radius 1 is 0.905 bits per heavy atom. The van der Waals surface area contributed by atoms with Crippen molar-refractivity contribution < 1.29 is 9.15 Å². The van der Waals surface area contributed by atoms with E-state index in [0.29, 0.717) is 0 Å². The number of benzene rings is 2. The van der Waals surface area contributed by atoms with Crippen molar-refractivity contribution in [3.05, 3.63) is 72.5 Å². The molecule has 3 nitrogen and oxygen atoms in total. The highest BCUT2D eigenvalue weighted by atomic mass is 16.5. The van der Waals surface area contributed by atoms with E-state index >= 15 is 0 Å². The highest BCUT2D eigenvalue weighted by molar-refractivity contribution is 5.79. The molecule has 1 heterocycles. The Morgan fingerprint density at radius 2 is 1.67 bits per heavy atom. The predicted molar refractivity (Wildman–Crippen MR) is 84.4 cm³/mol. The van der Waals surface area contributed by atoms with Gasteiger partial charge in [0.2, 0.25) is 0 Å². The van der Waals surface area contributed by atoms with Gasteiger partial charge in [-0.3, -0.25) is 4.99 Å². The summed E-state index contributed by atoms with van der Waals surface area (Å²) in [5.74, 6) is 2.38. The van der Waals surface area contributed by atoms with Crippen LogP contribution >= 0.6 is 0 Å². The summed E-state index contributed by atoms with van der Waals surface area (Å²) in [6.07, 6.45) is 1.72. The first-order valence-electron chi connectivity index (χ1n) is 6.68. The van der Waals surface area contributed by atoms with Gasteiger partial charge in [-0.25, -0.2) is 0 Å². The van der Waals surface area contributed by atoms with Gasteiger partial charge in [0.15, 0.2) is 0 Å². The summed E-state index contributed by atoms with van der Waals surface area (Å²) in [4.78, 5) is 4.38. The Bertz CT molecular complexity index is 727. The van der Waals surface area contributed by atoms with Crippen LogP contribution in [0.5, 0.6) is 5.75 Å². The molecule has 1 aromatic heterocycles. The van der Waals surface area contributed by atoms with E-state index in [1.807, 2.05) is 66.7 Å². The van der Waals surface area contributed by atoms with E-state index in [1.165, 1.54) is 0 Å². The van der Waals surface area contributed by atoms with Gasteiger partial charge in [0.1, 0.15) is 17.3 Å². The number of hydrogen-bond acceptors (Lipinski definition) is 3. The summed E-state index contributed by atoms with van der Waals surface area (Å²) in [7, 11) is 1.65. The summed E-state index contributed by atoms with van der Waals surface area (Å²) >= 11 is 0. The largest absolute Gasteiger partial charge is 0.497 e. The second kappa shape index (κ2) is 6.09. The molecule has 0 N–H and O–H groups in total. The predicted octanol–water partition coefficient (Wildman–Crippen LogP) is 4.71. The minimum absolute atomic E-state index is 0.727. The van der Waals surface area contributed by atoms with Gasteiger partial charge in [0.05, 0.1) is 19.0 Å². The first-order chi connectivity index (χ1) is 10.3. The molecule has 0 saturated heterocycles. The minimum atomic E-state index is 0.727. The van der Waals surface area contributed by atoms with Crippen LogP contribution < -0.4 is 4.74 Å². The van der Waals surface area contributed by atoms with Crippen molar-refractivity contribution in [1.29, 1.82) is 0 Å². The lowest BCUT2D eigenvalue weighted by Gasteiger charge is -1.98. The third kappa shape index (κ3) is 3.20. The van der Waals surface area contributed by atoms with Crippen LogP contribution in [0.2, 0.25) is 0 Å². The molecule has 0 amide bonds. The smallest absolute Gasteiger partial charge is 0.145 e. The van der Waals surface area contributed by atoms with Gasteiger partial charge >= 0.3 is 0 Å². The number of hydrogen-bond donors (Lipinski definition) is 0. The van der Waals surface area contributed by atoms with Crippen LogP contribution in [-0.2, 0) is 0 Å². The molecule has 0 bridgehead atoms. The van der Waals surface area contributed by atoms with Crippen LogP contribution in [0.3, 0.4) is 0 Å². The standard InChI is InChI=1S/C18H15NO2/c1-20-16-9-7-15(8-10-16)19-13-17-11-12-18(21-17)14-5-3-2-4-6-14/h2-13H,1H3. The van der Waals surface area contributed by atoms with Gasteiger partial charge in [-0.15, -0.1) is 0 Å². The number of nitrogens with zero attached hydrogens (tertiary/aromatic N) is 1. The molecule has 0 saturated carbocycles. The van der Waals surface area contributed by atoms with Crippen molar-refractivity contribution in [2.45, 2.75) is 0 Å². The Labute approximate surface area is 123 Å². The van der Waals surface area contributed by atoms with Crippen molar-refractivity contribution in [1.82, 2.24) is 0 Å². The molecule has 0 aliphatic rings. The highest BCUT2D eigenvalue weighted by Gasteiger charge is 2.02. The second-order valence-electron chi connectivity index (χ2n) is 4.52. The molecule has 3 aromatic rings. The molecule has 0 fully saturated rings. The molecule has 0 aliphatic carbocycles. The molecule has 104 valence electrons. The highest BCUT2D eigenvalue weighted by Crippen LogP contribution is 2.22. The fourth-order valence-corrected chi connectivity index (χ4v) is 1.99. The lowest BCUT2D eigenvalue weighted by Crippen LogP contribution is -1.80. The SMILES string of the molecule is COc1ccc(N=Cc2ccc(-c3ccccc3)o2)cc1. The van der Waals surface area contributed by atoms with Gasteiger partial charge in [-0.1, -0.05) is 30.3 Å². The maximum atomic E-state index is 5.76. The van der Waals surface area contributed by atoms with Crippen molar-refractivity contribution in [3.63, 3.8) is 0 Å². The summed E-state index contributed by atoms with van der Waals surface area (Å²) in [6.45, 7) is 0. The van der Waals surface area contributed by atoms with Gasteiger partial charge in [-0.05, 0) is 36.4 Å². The van der Waals surface area contributed by atoms with E-state index in [-0.39, 0.29) is 0 Å². The third-order valence-corrected chi connectivity index (χ3v) is 3.10. The van der Waals surface area contributed by atoms with Gasteiger partial charge in [0.25, 0.3) is 0 Å². The topological polar surface area (TPSA) is 34.7 Å². The van der Waals surface area contributed by atoms with Crippen LogP contribution in [0.15, 0.2) is 76.1 Å². The van der Waals surface area contributed by atoms with E-state index in [9.17, 15) is 0 Å². The number of aliphatic imine (C=N–C) groups is 1. The second-order valence-corrected chi connectivity index (χ2v) is 4.52. The van der Waals surface area contributed by atoms with Crippen LogP contribution in [0.4, 0.5) is 5.69 Å². The normalized spacial score (nSPS) is 10.9. The Morgan fingerprint density at radius 3 is 2.38 bits per heavy atom. The summed E-state index contributed by atoms with van der Waals surface area (Å²) in [6, 6.07) is 21.4. The lowest BCUT2D eigenvalue weighted by molar-refractivity contribution is 0.415. The Balaban J connectivity index is 1.76.